The number of rotatable bonds is 4. The molecule has 7 nitrogen and oxygen atoms in total. The van der Waals surface area contributed by atoms with Gasteiger partial charge in [0, 0.05) is 37.2 Å². The number of piperidine rings is 1. The molecule has 1 aromatic carbocycles. The first-order chi connectivity index (χ1) is 13.6. The van der Waals surface area contributed by atoms with Crippen LogP contribution >= 0.6 is 0 Å². The van der Waals surface area contributed by atoms with Crippen LogP contribution in [-0.4, -0.2) is 47.3 Å². The zero-order chi connectivity index (χ0) is 19.3. The van der Waals surface area contributed by atoms with Gasteiger partial charge in [-0.15, -0.1) is 0 Å². The molecule has 1 unspecified atom stereocenters. The van der Waals surface area contributed by atoms with Crippen molar-refractivity contribution in [3.05, 3.63) is 34.9 Å². The van der Waals surface area contributed by atoms with Crippen LogP contribution in [0.2, 0.25) is 0 Å². The number of amides is 3. The second-order valence-corrected chi connectivity index (χ2v) is 8.57. The van der Waals surface area contributed by atoms with Gasteiger partial charge in [0.1, 0.15) is 6.04 Å². The summed E-state index contributed by atoms with van der Waals surface area (Å²) in [5.74, 6) is -0.0377. The highest BCUT2D eigenvalue weighted by Gasteiger charge is 2.46. The zero-order valence-electron chi connectivity index (χ0n) is 15.9. The van der Waals surface area contributed by atoms with Crippen molar-refractivity contribution >= 4 is 17.7 Å². The van der Waals surface area contributed by atoms with E-state index in [4.69, 9.17) is 0 Å². The Kier molecular flexibility index (Phi) is 4.25. The van der Waals surface area contributed by atoms with Crippen molar-refractivity contribution in [2.24, 2.45) is 5.92 Å². The molecule has 1 aliphatic carbocycles. The van der Waals surface area contributed by atoms with Gasteiger partial charge in [-0.05, 0) is 48.9 Å². The molecule has 4 aliphatic rings. The van der Waals surface area contributed by atoms with Gasteiger partial charge in [-0.3, -0.25) is 19.7 Å². The third kappa shape index (κ3) is 2.76. The summed E-state index contributed by atoms with van der Waals surface area (Å²) >= 11 is 0. The number of benzene rings is 1. The molecule has 0 aromatic heterocycles. The van der Waals surface area contributed by atoms with E-state index in [2.05, 4.69) is 22.0 Å². The average Bonchev–Trinajstić information content (AvgIpc) is 3.33. The number of nitrogens with zero attached hydrogens (tertiary/aromatic N) is 1. The van der Waals surface area contributed by atoms with Crippen LogP contribution < -0.4 is 16.0 Å². The second-order valence-electron chi connectivity index (χ2n) is 8.57. The number of fused-ring (bicyclic) bond motifs is 2. The van der Waals surface area contributed by atoms with Crippen molar-refractivity contribution in [2.75, 3.05) is 13.1 Å². The van der Waals surface area contributed by atoms with Crippen LogP contribution in [0.15, 0.2) is 18.2 Å². The molecule has 3 aliphatic heterocycles. The van der Waals surface area contributed by atoms with Gasteiger partial charge in [0.05, 0.1) is 0 Å². The van der Waals surface area contributed by atoms with Gasteiger partial charge in [0.15, 0.2) is 0 Å². The van der Waals surface area contributed by atoms with Crippen LogP contribution in [0.4, 0.5) is 0 Å². The van der Waals surface area contributed by atoms with Crippen molar-refractivity contribution in [3.63, 3.8) is 0 Å². The first-order valence-electron chi connectivity index (χ1n) is 10.3. The minimum absolute atomic E-state index is 0.106. The lowest BCUT2D eigenvalue weighted by Crippen LogP contribution is -2.52. The van der Waals surface area contributed by atoms with Crippen LogP contribution in [-0.2, 0) is 22.7 Å². The maximum absolute atomic E-state index is 12.9. The van der Waals surface area contributed by atoms with Crippen molar-refractivity contribution < 1.29 is 14.4 Å². The van der Waals surface area contributed by atoms with Gasteiger partial charge in [-0.2, -0.15) is 0 Å². The molecule has 2 saturated heterocycles. The number of carbonyl (C=O) groups is 3. The van der Waals surface area contributed by atoms with Gasteiger partial charge in [-0.25, -0.2) is 0 Å². The van der Waals surface area contributed by atoms with Crippen molar-refractivity contribution in [1.82, 2.24) is 20.9 Å². The van der Waals surface area contributed by atoms with E-state index in [0.717, 1.165) is 30.8 Å². The lowest BCUT2D eigenvalue weighted by atomic mass is 9.90. The summed E-state index contributed by atoms with van der Waals surface area (Å²) in [4.78, 5) is 38.3. The highest BCUT2D eigenvalue weighted by molar-refractivity contribution is 6.05. The maximum Gasteiger partial charge on any atom is 0.255 e. The Hall–Kier alpha value is -2.25. The van der Waals surface area contributed by atoms with E-state index in [1.807, 2.05) is 12.1 Å². The van der Waals surface area contributed by atoms with Crippen molar-refractivity contribution in [2.45, 2.75) is 56.8 Å². The lowest BCUT2D eigenvalue weighted by molar-refractivity contribution is -0.136. The Labute approximate surface area is 164 Å². The molecule has 148 valence electrons. The molecule has 0 spiro atoms. The molecule has 3 fully saturated rings. The van der Waals surface area contributed by atoms with Gasteiger partial charge in [0.2, 0.25) is 11.8 Å². The van der Waals surface area contributed by atoms with Crippen molar-refractivity contribution in [1.29, 1.82) is 0 Å². The Bertz CT molecular complexity index is 842. The lowest BCUT2D eigenvalue weighted by Gasteiger charge is -2.31. The zero-order valence-corrected chi connectivity index (χ0v) is 15.9. The molecule has 1 aromatic rings. The molecule has 3 heterocycles. The molecule has 3 atom stereocenters. The van der Waals surface area contributed by atoms with E-state index >= 15 is 0 Å². The molecule has 7 heteroatoms. The van der Waals surface area contributed by atoms with E-state index in [0.29, 0.717) is 24.4 Å². The monoisotopic (exact) mass is 382 g/mol. The highest BCUT2D eigenvalue weighted by Crippen LogP contribution is 2.39. The van der Waals surface area contributed by atoms with E-state index in [1.54, 1.807) is 4.90 Å². The van der Waals surface area contributed by atoms with E-state index in [1.165, 1.54) is 19.3 Å². The Morgan fingerprint density at radius 2 is 2.11 bits per heavy atom. The standard InChI is InChI=1S/C21H26N4O3/c26-18-7-6-17(19(27)24-18)25-11-16-13(3-1-5-15(16)20(25)28)9-23-21-8-2-4-14(21)10-22-12-21/h1,3,5,14,17,22-23H,2,4,6-12H2,(H,24,26,27)/t14-,17?,21-/m0/s1. The molecular weight excluding hydrogens is 356 g/mol. The molecule has 0 bridgehead atoms. The fourth-order valence-electron chi connectivity index (χ4n) is 5.53. The third-order valence-electron chi connectivity index (χ3n) is 7.10. The summed E-state index contributed by atoms with van der Waals surface area (Å²) in [5.41, 5.74) is 3.01. The van der Waals surface area contributed by atoms with E-state index < -0.39 is 6.04 Å². The first-order valence-corrected chi connectivity index (χ1v) is 10.3. The Morgan fingerprint density at radius 1 is 1.21 bits per heavy atom. The second kappa shape index (κ2) is 6.67. The molecule has 5 rings (SSSR count). The van der Waals surface area contributed by atoms with E-state index in [9.17, 15) is 14.4 Å². The molecule has 0 radical (unpaired) electrons. The molecule has 1 saturated carbocycles. The molecular formula is C21H26N4O3. The maximum atomic E-state index is 12.9. The number of imide groups is 1. The number of carbonyl (C=O) groups excluding carboxylic acids is 3. The van der Waals surface area contributed by atoms with Crippen LogP contribution in [0.5, 0.6) is 0 Å². The number of hydrogen-bond acceptors (Lipinski definition) is 5. The summed E-state index contributed by atoms with van der Waals surface area (Å²) in [6, 6.07) is 5.30. The summed E-state index contributed by atoms with van der Waals surface area (Å²) < 4.78 is 0. The van der Waals surface area contributed by atoms with Gasteiger partial charge >= 0.3 is 0 Å². The third-order valence-corrected chi connectivity index (χ3v) is 7.10. The minimum atomic E-state index is -0.560. The summed E-state index contributed by atoms with van der Waals surface area (Å²) in [5, 5.41) is 9.70. The predicted molar refractivity (Wildman–Crippen MR) is 102 cm³/mol. The summed E-state index contributed by atoms with van der Waals surface area (Å²) in [6.45, 7) is 3.26. The predicted octanol–water partition coefficient (Wildman–Crippen LogP) is 0.679. The number of hydrogen-bond donors (Lipinski definition) is 3. The number of nitrogens with one attached hydrogen (secondary N) is 3. The van der Waals surface area contributed by atoms with Crippen LogP contribution in [0.1, 0.15) is 53.6 Å². The minimum Gasteiger partial charge on any atom is -0.322 e. The van der Waals surface area contributed by atoms with Crippen LogP contribution in [0.3, 0.4) is 0 Å². The van der Waals surface area contributed by atoms with E-state index in [-0.39, 0.29) is 29.7 Å². The van der Waals surface area contributed by atoms with Crippen molar-refractivity contribution in [3.8, 4) is 0 Å². The topological polar surface area (TPSA) is 90.5 Å². The molecule has 28 heavy (non-hydrogen) atoms. The largest absolute Gasteiger partial charge is 0.322 e. The fraction of sp³-hybridized carbons (Fsp3) is 0.571. The normalized spacial score (nSPS) is 31.9. The van der Waals surface area contributed by atoms with Crippen LogP contribution in [0.25, 0.3) is 0 Å². The van der Waals surface area contributed by atoms with Gasteiger partial charge < -0.3 is 15.5 Å². The molecule has 3 amide bonds. The summed E-state index contributed by atoms with van der Waals surface area (Å²) in [7, 11) is 0. The quantitative estimate of drug-likeness (QED) is 0.667. The SMILES string of the molecule is O=C1CCC(N2Cc3c(CN[C@]45CCC[C@H]4CNC5)cccc3C2=O)C(=O)N1. The summed E-state index contributed by atoms with van der Waals surface area (Å²) in [6.07, 6.45) is 4.42. The van der Waals surface area contributed by atoms with Gasteiger partial charge in [-0.1, -0.05) is 18.6 Å². The average molecular weight is 382 g/mol. The highest BCUT2D eigenvalue weighted by atomic mass is 16.2. The van der Waals surface area contributed by atoms with Gasteiger partial charge in [0.25, 0.3) is 5.91 Å². The first kappa shape index (κ1) is 17.8. The fourth-order valence-corrected chi connectivity index (χ4v) is 5.53. The molecule has 3 N–H and O–H groups in total. The Balaban J connectivity index is 1.35. The smallest absolute Gasteiger partial charge is 0.255 e. The Morgan fingerprint density at radius 3 is 2.96 bits per heavy atom. The van der Waals surface area contributed by atoms with Crippen LogP contribution in [0, 0.1) is 5.92 Å².